The van der Waals surface area contributed by atoms with Gasteiger partial charge in [0.2, 0.25) is 18.2 Å². The zero-order valence-corrected chi connectivity index (χ0v) is 22.8. The number of rotatable bonds is 11. The maximum Gasteiger partial charge on any atom is 0.272 e. The molecule has 0 aromatic heterocycles. The van der Waals surface area contributed by atoms with E-state index in [9.17, 15) is 18.3 Å². The van der Waals surface area contributed by atoms with Crippen molar-refractivity contribution in [2.75, 3.05) is 39.3 Å². The molecule has 3 saturated heterocycles. The van der Waals surface area contributed by atoms with Crippen LogP contribution in [0.2, 0.25) is 0 Å². The van der Waals surface area contributed by atoms with Crippen LogP contribution < -0.4 is 14.2 Å². The van der Waals surface area contributed by atoms with Crippen LogP contribution in [0.1, 0.15) is 69.8 Å². The third-order valence-electron chi connectivity index (χ3n) is 8.04. The molecule has 1 unspecified atom stereocenters. The first-order valence-electron chi connectivity index (χ1n) is 13.5. The lowest BCUT2D eigenvalue weighted by atomic mass is 9.88. The second-order valence-electron chi connectivity index (χ2n) is 10.6. The summed E-state index contributed by atoms with van der Waals surface area (Å²) in [7, 11) is 0. The number of nitrogens with one attached hydrogen (secondary N) is 1. The minimum Gasteiger partial charge on any atom is -0.491 e. The van der Waals surface area contributed by atoms with Crippen molar-refractivity contribution >= 4 is 30.7 Å². The minimum atomic E-state index is -0.361. The SMILES string of the molecule is CC(CCC(=O)NC=O)Oc1ccc(C2CCN(CC(=O)N3CCC4(CCCO4)CC3)CC2)c(OSF)c1. The van der Waals surface area contributed by atoms with Gasteiger partial charge in [0.1, 0.15) is 11.5 Å². The van der Waals surface area contributed by atoms with E-state index in [0.717, 1.165) is 76.9 Å². The van der Waals surface area contributed by atoms with Gasteiger partial charge in [0, 0.05) is 32.2 Å². The number of ether oxygens (including phenoxy) is 2. The standard InChI is InChI=1S/C27H38FN3O6S/c1-20(3-6-25(33)29-19-32)36-22-4-5-23(24(17-22)37-38-28)21-7-12-30(13-8-21)18-26(34)31-14-10-27(11-15-31)9-2-16-35-27/h4-5,17,19-21H,2-3,6-16,18H2,1H3,(H,29,32,33). The first-order chi connectivity index (χ1) is 18.4. The zero-order chi connectivity index (χ0) is 27.0. The molecule has 1 aromatic carbocycles. The number of piperidine rings is 2. The Morgan fingerprint density at radius 3 is 2.66 bits per heavy atom. The summed E-state index contributed by atoms with van der Waals surface area (Å²) >= 11 is -0.199. The van der Waals surface area contributed by atoms with Crippen LogP contribution in [0.3, 0.4) is 0 Å². The fraction of sp³-hybridized carbons (Fsp3) is 0.667. The number of imide groups is 1. The topological polar surface area (TPSA) is 97.4 Å². The summed E-state index contributed by atoms with van der Waals surface area (Å²) in [6.07, 6.45) is 6.48. The smallest absolute Gasteiger partial charge is 0.272 e. The monoisotopic (exact) mass is 551 g/mol. The highest BCUT2D eigenvalue weighted by atomic mass is 32.2. The molecule has 38 heavy (non-hydrogen) atoms. The molecule has 3 heterocycles. The fourth-order valence-electron chi connectivity index (χ4n) is 5.80. The molecule has 210 valence electrons. The van der Waals surface area contributed by atoms with Gasteiger partial charge in [-0.2, -0.15) is 0 Å². The Bertz CT molecular complexity index is 958. The fourth-order valence-corrected chi connectivity index (χ4v) is 6.01. The molecule has 3 fully saturated rings. The van der Waals surface area contributed by atoms with Crippen molar-refractivity contribution in [3.05, 3.63) is 23.8 Å². The number of halogens is 1. The molecule has 0 saturated carbocycles. The van der Waals surface area contributed by atoms with Gasteiger partial charge in [-0.15, -0.1) is 3.89 Å². The lowest BCUT2D eigenvalue weighted by Crippen LogP contribution is -2.49. The van der Waals surface area contributed by atoms with Crippen LogP contribution in [-0.2, 0) is 19.1 Å². The van der Waals surface area contributed by atoms with E-state index in [0.29, 0.717) is 30.9 Å². The van der Waals surface area contributed by atoms with Gasteiger partial charge < -0.3 is 18.6 Å². The number of amides is 3. The normalized spacial score (nSPS) is 20.7. The molecule has 3 aliphatic heterocycles. The minimum absolute atomic E-state index is 0.0129. The maximum atomic E-state index is 13.1. The van der Waals surface area contributed by atoms with E-state index < -0.39 is 0 Å². The van der Waals surface area contributed by atoms with Crippen molar-refractivity contribution in [1.29, 1.82) is 0 Å². The molecule has 1 atom stereocenters. The van der Waals surface area contributed by atoms with Crippen LogP contribution in [0.5, 0.6) is 11.5 Å². The summed E-state index contributed by atoms with van der Waals surface area (Å²) in [6, 6.07) is 5.42. The molecular formula is C27H38FN3O6S. The van der Waals surface area contributed by atoms with Crippen LogP contribution in [0, 0.1) is 0 Å². The third-order valence-corrected chi connectivity index (χ3v) is 8.28. The average molecular weight is 552 g/mol. The molecular weight excluding hydrogens is 513 g/mol. The summed E-state index contributed by atoms with van der Waals surface area (Å²) in [4.78, 5) is 39.0. The van der Waals surface area contributed by atoms with Crippen molar-refractivity contribution < 1.29 is 31.9 Å². The molecule has 0 radical (unpaired) electrons. The maximum absolute atomic E-state index is 13.1. The number of likely N-dealkylation sites (tertiary alicyclic amines) is 2. The van der Waals surface area contributed by atoms with Crippen LogP contribution in [0.15, 0.2) is 18.2 Å². The lowest BCUT2D eigenvalue weighted by Gasteiger charge is -2.40. The highest BCUT2D eigenvalue weighted by Gasteiger charge is 2.39. The number of hydrogen-bond donors (Lipinski definition) is 1. The molecule has 1 N–H and O–H groups in total. The molecule has 9 nitrogen and oxygen atoms in total. The Kier molecular flexibility index (Phi) is 10.3. The number of carbonyl (C=O) groups excluding carboxylic acids is 3. The van der Waals surface area contributed by atoms with Gasteiger partial charge in [-0.25, -0.2) is 0 Å². The Hall–Kier alpha value is -2.37. The van der Waals surface area contributed by atoms with Gasteiger partial charge >= 0.3 is 0 Å². The van der Waals surface area contributed by atoms with Gasteiger partial charge in [-0.1, -0.05) is 6.07 Å². The van der Waals surface area contributed by atoms with Gasteiger partial charge in [-0.05, 0) is 82.5 Å². The van der Waals surface area contributed by atoms with E-state index in [-0.39, 0.29) is 48.3 Å². The number of benzene rings is 1. The highest BCUT2D eigenvalue weighted by Crippen LogP contribution is 2.39. The zero-order valence-electron chi connectivity index (χ0n) is 22.0. The second-order valence-corrected chi connectivity index (χ2v) is 10.9. The van der Waals surface area contributed by atoms with E-state index in [2.05, 4.69) is 10.2 Å². The molecule has 0 aliphatic carbocycles. The van der Waals surface area contributed by atoms with E-state index in [4.69, 9.17) is 13.7 Å². The molecule has 3 amide bonds. The molecule has 11 heteroatoms. The van der Waals surface area contributed by atoms with Gasteiger partial charge in [0.05, 0.1) is 18.2 Å². The molecule has 0 bridgehead atoms. The summed E-state index contributed by atoms with van der Waals surface area (Å²) in [5, 5.41) is 2.11. The van der Waals surface area contributed by atoms with Crippen LogP contribution >= 0.6 is 12.4 Å². The van der Waals surface area contributed by atoms with Crippen molar-refractivity contribution in [2.24, 2.45) is 0 Å². The largest absolute Gasteiger partial charge is 0.491 e. The summed E-state index contributed by atoms with van der Waals surface area (Å²) in [6.45, 7) is 6.23. The Labute approximate surface area is 228 Å². The van der Waals surface area contributed by atoms with Crippen molar-refractivity contribution in [3.63, 3.8) is 0 Å². The summed E-state index contributed by atoms with van der Waals surface area (Å²) in [5.41, 5.74) is 0.934. The molecule has 4 rings (SSSR count). The highest BCUT2D eigenvalue weighted by molar-refractivity contribution is 7.89. The van der Waals surface area contributed by atoms with Gasteiger partial charge in [-0.3, -0.25) is 24.6 Å². The Morgan fingerprint density at radius 1 is 1.24 bits per heavy atom. The van der Waals surface area contributed by atoms with E-state index >= 15 is 0 Å². The first-order valence-corrected chi connectivity index (χ1v) is 14.2. The quantitative estimate of drug-likeness (QED) is 0.328. The van der Waals surface area contributed by atoms with Gasteiger partial charge in [0.15, 0.2) is 0 Å². The average Bonchev–Trinajstić information content (AvgIpc) is 3.37. The van der Waals surface area contributed by atoms with Crippen molar-refractivity contribution in [1.82, 2.24) is 15.1 Å². The van der Waals surface area contributed by atoms with Crippen LogP contribution in [0.4, 0.5) is 3.89 Å². The van der Waals surface area contributed by atoms with E-state index in [1.165, 1.54) is 0 Å². The van der Waals surface area contributed by atoms with Crippen LogP contribution in [-0.4, -0.2) is 79.1 Å². The molecule has 1 aromatic rings. The van der Waals surface area contributed by atoms with Crippen LogP contribution in [0.25, 0.3) is 0 Å². The third kappa shape index (κ3) is 7.60. The van der Waals surface area contributed by atoms with E-state index in [1.54, 1.807) is 6.07 Å². The second kappa shape index (κ2) is 13.6. The predicted molar refractivity (Wildman–Crippen MR) is 141 cm³/mol. The number of nitrogens with zero attached hydrogens (tertiary/aromatic N) is 2. The predicted octanol–water partition coefficient (Wildman–Crippen LogP) is 3.77. The first kappa shape index (κ1) is 28.6. The Balaban J connectivity index is 1.25. The van der Waals surface area contributed by atoms with E-state index in [1.807, 2.05) is 24.0 Å². The molecule has 3 aliphatic rings. The van der Waals surface area contributed by atoms with Crippen molar-refractivity contribution in [3.8, 4) is 11.5 Å². The van der Waals surface area contributed by atoms with Crippen molar-refractivity contribution in [2.45, 2.75) is 75.9 Å². The number of hydrogen-bond acceptors (Lipinski definition) is 8. The van der Waals surface area contributed by atoms with Gasteiger partial charge in [0.25, 0.3) is 12.4 Å². The summed E-state index contributed by atoms with van der Waals surface area (Å²) < 4.78 is 30.2. The molecule has 1 spiro atoms. The Morgan fingerprint density at radius 2 is 2.00 bits per heavy atom. The summed E-state index contributed by atoms with van der Waals surface area (Å²) in [5.74, 6) is 0.965. The lowest BCUT2D eigenvalue weighted by molar-refractivity contribution is -0.137. The number of carbonyl (C=O) groups is 3.